The molecular weight excluding hydrogens is 186 g/mol. The first-order valence-corrected chi connectivity index (χ1v) is 1.12. The van der Waals surface area contributed by atoms with Gasteiger partial charge in [-0.05, 0) is 9.47 Å². The van der Waals surface area contributed by atoms with E-state index in [-0.39, 0.29) is 24.0 Å². The van der Waals surface area contributed by atoms with Crippen molar-refractivity contribution in [1.29, 1.82) is 0 Å². The zero-order valence-electron chi connectivity index (χ0n) is 2.39. The molecule has 0 spiro atoms. The second-order valence-electron chi connectivity index (χ2n) is 0.236. The van der Waals surface area contributed by atoms with E-state index >= 15 is 0 Å². The van der Waals surface area contributed by atoms with Gasteiger partial charge in [0.2, 0.25) is 0 Å². The average molecular weight is 192 g/mol. The first kappa shape index (κ1) is 8.93. The van der Waals surface area contributed by atoms with Crippen LogP contribution in [-0.2, 0) is 4.52 Å². The van der Waals surface area contributed by atoms with Crippen molar-refractivity contribution in [2.24, 2.45) is 0 Å². The highest BCUT2D eigenvalue weighted by Crippen LogP contribution is 1.68. The Bertz CT molecular complexity index is 8.00. The molecule has 0 N–H and O–H groups in total. The molecule has 1 unspecified atom stereocenters. The highest BCUT2D eigenvalue weighted by Gasteiger charge is 1.25. The predicted octanol–water partition coefficient (Wildman–Crippen LogP) is 1.04. The summed E-state index contributed by atoms with van der Waals surface area (Å²) >= 11 is 0. The summed E-state index contributed by atoms with van der Waals surface area (Å²) in [6.45, 7) is 0. The molecule has 0 aromatic carbocycles. The molecule has 0 aromatic heterocycles. The first-order valence-electron chi connectivity index (χ1n) is 0.644. The zero-order chi connectivity index (χ0) is 2.71. The van der Waals surface area contributed by atoms with Gasteiger partial charge < -0.3 is 4.52 Å². The van der Waals surface area contributed by atoms with E-state index in [1.165, 1.54) is 0 Å². The molecule has 0 aliphatic heterocycles. The van der Waals surface area contributed by atoms with Gasteiger partial charge in [-0.25, -0.2) is 0 Å². The van der Waals surface area contributed by atoms with Gasteiger partial charge in [0, 0.05) is 7.11 Å². The van der Waals surface area contributed by atoms with Gasteiger partial charge in [-0.15, -0.1) is 24.0 Å². The van der Waals surface area contributed by atoms with Gasteiger partial charge >= 0.3 is 0 Å². The van der Waals surface area contributed by atoms with Crippen LogP contribution in [0, 0.1) is 0 Å². The van der Waals surface area contributed by atoms with Crippen LogP contribution in [0.4, 0.5) is 0 Å². The van der Waals surface area contributed by atoms with Crippen molar-refractivity contribution in [2.75, 3.05) is 7.11 Å². The molecule has 0 heterocycles. The van der Waals surface area contributed by atoms with Crippen LogP contribution in [-0.4, -0.2) is 7.11 Å². The summed E-state index contributed by atoms with van der Waals surface area (Å²) in [5, 5.41) is 0. The SMILES string of the molecule is COP.I. The largest absolute Gasteiger partial charge is 0.369 e. The zero-order valence-corrected chi connectivity index (χ0v) is 5.88. The normalized spacial score (nSPS) is 4.50. The van der Waals surface area contributed by atoms with Crippen molar-refractivity contribution in [1.82, 2.24) is 0 Å². The predicted molar refractivity (Wildman–Crippen MR) is 32.1 cm³/mol. The second-order valence-corrected chi connectivity index (χ2v) is 0.707. The van der Waals surface area contributed by atoms with Crippen LogP contribution in [0.25, 0.3) is 0 Å². The quantitative estimate of drug-likeness (QED) is 0.411. The summed E-state index contributed by atoms with van der Waals surface area (Å²) in [6.07, 6.45) is 0. The van der Waals surface area contributed by atoms with Crippen LogP contribution < -0.4 is 0 Å². The highest BCUT2D eigenvalue weighted by molar-refractivity contribution is 14.0. The van der Waals surface area contributed by atoms with Gasteiger partial charge in [0.25, 0.3) is 0 Å². The minimum Gasteiger partial charge on any atom is -0.369 e. The maximum Gasteiger partial charge on any atom is 0.0391 e. The van der Waals surface area contributed by atoms with E-state index in [1.54, 1.807) is 7.11 Å². The fourth-order valence-corrected chi connectivity index (χ4v) is 0. The molecule has 0 radical (unpaired) electrons. The van der Waals surface area contributed by atoms with E-state index in [1.807, 2.05) is 0 Å². The molecule has 28 valence electrons. The van der Waals surface area contributed by atoms with Crippen molar-refractivity contribution in [3.05, 3.63) is 0 Å². The smallest absolute Gasteiger partial charge is 0.0391 e. The lowest BCUT2D eigenvalue weighted by Gasteiger charge is -1.60. The Hall–Kier alpha value is 1.12. The summed E-state index contributed by atoms with van der Waals surface area (Å²) in [6, 6.07) is 0. The third-order valence-corrected chi connectivity index (χ3v) is 0. The summed E-state index contributed by atoms with van der Waals surface area (Å²) in [5.74, 6) is 0. The molecule has 1 atom stereocenters. The van der Waals surface area contributed by atoms with E-state index < -0.39 is 0 Å². The molecule has 0 aliphatic carbocycles. The molecule has 0 rings (SSSR count). The monoisotopic (exact) mass is 192 g/mol. The summed E-state index contributed by atoms with van der Waals surface area (Å²) in [5.41, 5.74) is 0. The number of halogens is 1. The summed E-state index contributed by atoms with van der Waals surface area (Å²) in [4.78, 5) is 0. The van der Waals surface area contributed by atoms with Gasteiger partial charge in [-0.3, -0.25) is 0 Å². The third kappa shape index (κ3) is 11.2. The molecule has 0 aromatic rings. The second kappa shape index (κ2) is 8.92. The molecule has 0 fully saturated rings. The maximum atomic E-state index is 4.17. The van der Waals surface area contributed by atoms with E-state index in [0.717, 1.165) is 0 Å². The van der Waals surface area contributed by atoms with E-state index in [4.69, 9.17) is 0 Å². The maximum absolute atomic E-state index is 4.17. The van der Waals surface area contributed by atoms with Gasteiger partial charge in [-0.2, -0.15) is 0 Å². The Morgan fingerprint density at radius 1 is 1.75 bits per heavy atom. The molecule has 4 heavy (non-hydrogen) atoms. The lowest BCUT2D eigenvalue weighted by atomic mass is 11.8. The van der Waals surface area contributed by atoms with E-state index in [9.17, 15) is 0 Å². The van der Waals surface area contributed by atoms with Crippen LogP contribution in [0.2, 0.25) is 0 Å². The molecule has 1 nitrogen and oxygen atoms in total. The number of hydrogen-bond acceptors (Lipinski definition) is 1. The van der Waals surface area contributed by atoms with Crippen molar-refractivity contribution >= 4 is 33.4 Å². The van der Waals surface area contributed by atoms with Crippen LogP contribution in [0.15, 0.2) is 0 Å². The van der Waals surface area contributed by atoms with Crippen molar-refractivity contribution in [3.63, 3.8) is 0 Å². The lowest BCUT2D eigenvalue weighted by molar-refractivity contribution is 0.488. The Kier molecular flexibility index (Phi) is 19.9. The van der Waals surface area contributed by atoms with Crippen molar-refractivity contribution in [2.45, 2.75) is 0 Å². The molecule has 0 saturated heterocycles. The Morgan fingerprint density at radius 3 is 1.75 bits per heavy atom. The minimum absolute atomic E-state index is 0. The molecule has 3 heteroatoms. The van der Waals surface area contributed by atoms with Crippen molar-refractivity contribution in [3.8, 4) is 0 Å². The summed E-state index contributed by atoms with van der Waals surface area (Å²) in [7, 11) is 3.67. The van der Waals surface area contributed by atoms with Gasteiger partial charge in [0.15, 0.2) is 0 Å². The van der Waals surface area contributed by atoms with Crippen molar-refractivity contribution < 1.29 is 4.52 Å². The number of rotatable bonds is 0. The topological polar surface area (TPSA) is 9.23 Å². The first-order chi connectivity index (χ1) is 1.41. The standard InChI is InChI=1S/CH5OP.HI/c1-2-3;/h3H2,1H3;1H. The molecule has 0 saturated carbocycles. The van der Waals surface area contributed by atoms with E-state index in [2.05, 4.69) is 14.0 Å². The number of hydrogen-bond donors (Lipinski definition) is 0. The Morgan fingerprint density at radius 2 is 1.75 bits per heavy atom. The minimum atomic E-state index is 0. The van der Waals surface area contributed by atoms with Crippen LogP contribution in [0.5, 0.6) is 0 Å². The van der Waals surface area contributed by atoms with Crippen LogP contribution >= 0.6 is 33.4 Å². The van der Waals surface area contributed by atoms with Gasteiger partial charge in [0.1, 0.15) is 0 Å². The van der Waals surface area contributed by atoms with Crippen LogP contribution in [0.1, 0.15) is 0 Å². The van der Waals surface area contributed by atoms with Gasteiger partial charge in [0.05, 0.1) is 0 Å². The fraction of sp³-hybridized carbons (Fsp3) is 1.00. The third-order valence-electron chi connectivity index (χ3n) is 0. The average Bonchev–Trinajstić information content (AvgIpc) is 0.918. The van der Waals surface area contributed by atoms with Crippen LogP contribution in [0.3, 0.4) is 0 Å². The summed E-state index contributed by atoms with van der Waals surface area (Å²) < 4.78 is 4.17. The lowest BCUT2D eigenvalue weighted by Crippen LogP contribution is -1.37. The Labute approximate surface area is 45.4 Å². The van der Waals surface area contributed by atoms with Gasteiger partial charge in [-0.1, -0.05) is 0 Å². The Balaban J connectivity index is 0. The highest BCUT2D eigenvalue weighted by atomic mass is 127. The molecule has 0 amide bonds. The molecule has 0 bridgehead atoms. The molecular formula is CH6IOP. The van der Waals surface area contributed by atoms with E-state index in [0.29, 0.717) is 0 Å². The molecule has 0 aliphatic rings. The fourth-order valence-electron chi connectivity index (χ4n) is 0.